The van der Waals surface area contributed by atoms with Gasteiger partial charge in [-0.15, -0.1) is 0 Å². The number of ether oxygens (including phenoxy) is 2. The van der Waals surface area contributed by atoms with Crippen LogP contribution in [0.5, 0.6) is 5.75 Å². The molecule has 0 amide bonds. The van der Waals surface area contributed by atoms with E-state index in [4.69, 9.17) is 9.47 Å². The van der Waals surface area contributed by atoms with Gasteiger partial charge < -0.3 is 14.8 Å². The van der Waals surface area contributed by atoms with Crippen molar-refractivity contribution in [3.05, 3.63) is 29.8 Å². The van der Waals surface area contributed by atoms with Crippen molar-refractivity contribution >= 4 is 0 Å². The van der Waals surface area contributed by atoms with Crippen LogP contribution in [-0.2, 0) is 4.74 Å². The van der Waals surface area contributed by atoms with Crippen molar-refractivity contribution < 1.29 is 9.47 Å². The fourth-order valence-electron chi connectivity index (χ4n) is 1.48. The zero-order chi connectivity index (χ0) is 13.2. The number of benzene rings is 1. The lowest BCUT2D eigenvalue weighted by atomic mass is 10.2. The molecular formula is C15H25NO2. The fourth-order valence-corrected chi connectivity index (χ4v) is 1.48. The molecule has 0 aliphatic heterocycles. The van der Waals surface area contributed by atoms with Crippen LogP contribution < -0.4 is 10.1 Å². The van der Waals surface area contributed by atoms with Crippen LogP contribution in [0, 0.1) is 6.92 Å². The monoisotopic (exact) mass is 251 g/mol. The number of aryl methyl sites for hydroxylation is 1. The minimum Gasteiger partial charge on any atom is -0.491 e. The van der Waals surface area contributed by atoms with Gasteiger partial charge in [-0.2, -0.15) is 0 Å². The van der Waals surface area contributed by atoms with Crippen LogP contribution in [0.3, 0.4) is 0 Å². The maximum Gasteiger partial charge on any atom is 0.119 e. The summed E-state index contributed by atoms with van der Waals surface area (Å²) < 4.78 is 11.1. The van der Waals surface area contributed by atoms with Crippen LogP contribution in [0.25, 0.3) is 0 Å². The topological polar surface area (TPSA) is 30.5 Å². The van der Waals surface area contributed by atoms with E-state index in [0.29, 0.717) is 19.3 Å². The Morgan fingerprint density at radius 2 is 1.83 bits per heavy atom. The Hall–Kier alpha value is -1.06. The van der Waals surface area contributed by atoms with Crippen LogP contribution in [-0.4, -0.2) is 32.4 Å². The molecule has 3 nitrogen and oxygen atoms in total. The summed E-state index contributed by atoms with van der Waals surface area (Å²) in [5.74, 6) is 0.905. The summed E-state index contributed by atoms with van der Waals surface area (Å²) in [4.78, 5) is 0. The smallest absolute Gasteiger partial charge is 0.119 e. The highest BCUT2D eigenvalue weighted by Gasteiger charge is 1.96. The quantitative estimate of drug-likeness (QED) is 0.685. The van der Waals surface area contributed by atoms with Gasteiger partial charge in [0.2, 0.25) is 0 Å². The summed E-state index contributed by atoms with van der Waals surface area (Å²) in [5, 5.41) is 3.38. The van der Waals surface area contributed by atoms with Crippen molar-refractivity contribution in [1.82, 2.24) is 5.32 Å². The van der Waals surface area contributed by atoms with Crippen molar-refractivity contribution in [2.45, 2.75) is 33.2 Å². The predicted octanol–water partition coefficient (Wildman–Crippen LogP) is 2.78. The minimum absolute atomic E-state index is 0.567. The Morgan fingerprint density at radius 1 is 1.11 bits per heavy atom. The van der Waals surface area contributed by atoms with E-state index >= 15 is 0 Å². The summed E-state index contributed by atoms with van der Waals surface area (Å²) in [5.41, 5.74) is 1.25. The summed E-state index contributed by atoms with van der Waals surface area (Å²) in [6.45, 7) is 9.30. The SMILES string of the molecule is CCC(C)NCCOCCOc1ccc(C)cc1. The second kappa shape index (κ2) is 8.95. The third-order valence-corrected chi connectivity index (χ3v) is 2.87. The van der Waals surface area contributed by atoms with E-state index in [2.05, 4.69) is 26.1 Å². The molecule has 0 spiro atoms. The number of nitrogens with one attached hydrogen (secondary N) is 1. The van der Waals surface area contributed by atoms with Crippen molar-refractivity contribution in [3.63, 3.8) is 0 Å². The third kappa shape index (κ3) is 6.62. The van der Waals surface area contributed by atoms with Crippen molar-refractivity contribution in [3.8, 4) is 5.75 Å². The average Bonchev–Trinajstić information content (AvgIpc) is 2.39. The van der Waals surface area contributed by atoms with Crippen LogP contribution in [0.2, 0.25) is 0 Å². The van der Waals surface area contributed by atoms with E-state index in [9.17, 15) is 0 Å². The maximum atomic E-state index is 5.56. The fraction of sp³-hybridized carbons (Fsp3) is 0.600. The maximum absolute atomic E-state index is 5.56. The second-order valence-corrected chi connectivity index (χ2v) is 4.54. The largest absolute Gasteiger partial charge is 0.491 e. The van der Waals surface area contributed by atoms with E-state index in [-0.39, 0.29) is 0 Å². The first-order valence-corrected chi connectivity index (χ1v) is 6.73. The molecule has 0 heterocycles. The van der Waals surface area contributed by atoms with Gasteiger partial charge in [0.05, 0.1) is 13.2 Å². The first-order valence-electron chi connectivity index (χ1n) is 6.73. The van der Waals surface area contributed by atoms with E-state index < -0.39 is 0 Å². The van der Waals surface area contributed by atoms with Gasteiger partial charge in [-0.25, -0.2) is 0 Å². The number of hydrogen-bond donors (Lipinski definition) is 1. The molecule has 0 saturated heterocycles. The Labute approximate surface area is 110 Å². The van der Waals surface area contributed by atoms with Gasteiger partial charge in [0, 0.05) is 12.6 Å². The lowest BCUT2D eigenvalue weighted by molar-refractivity contribution is 0.100. The molecule has 1 rings (SSSR count). The minimum atomic E-state index is 0.567. The van der Waals surface area contributed by atoms with E-state index in [1.165, 1.54) is 5.56 Å². The Bertz CT molecular complexity index is 311. The van der Waals surface area contributed by atoms with Crippen LogP contribution in [0.4, 0.5) is 0 Å². The van der Waals surface area contributed by atoms with Gasteiger partial charge in [-0.1, -0.05) is 24.6 Å². The molecule has 0 fully saturated rings. The van der Waals surface area contributed by atoms with Crippen LogP contribution in [0.15, 0.2) is 24.3 Å². The molecular weight excluding hydrogens is 226 g/mol. The molecule has 0 aliphatic rings. The molecule has 0 bridgehead atoms. The Morgan fingerprint density at radius 3 is 2.50 bits per heavy atom. The normalized spacial score (nSPS) is 12.4. The Kier molecular flexibility index (Phi) is 7.46. The first kappa shape index (κ1) is 15.0. The van der Waals surface area contributed by atoms with Gasteiger partial charge in [-0.05, 0) is 32.4 Å². The van der Waals surface area contributed by atoms with E-state index in [1.54, 1.807) is 0 Å². The third-order valence-electron chi connectivity index (χ3n) is 2.87. The highest BCUT2D eigenvalue weighted by atomic mass is 16.5. The predicted molar refractivity (Wildman–Crippen MR) is 75.2 cm³/mol. The van der Waals surface area contributed by atoms with Crippen molar-refractivity contribution in [1.29, 1.82) is 0 Å². The van der Waals surface area contributed by atoms with Gasteiger partial charge in [-0.3, -0.25) is 0 Å². The molecule has 0 aliphatic carbocycles. The van der Waals surface area contributed by atoms with Gasteiger partial charge in [0.1, 0.15) is 12.4 Å². The Balaban J connectivity index is 1.97. The standard InChI is InChI=1S/C15H25NO2/c1-4-14(3)16-9-10-17-11-12-18-15-7-5-13(2)6-8-15/h5-8,14,16H,4,9-12H2,1-3H3. The van der Waals surface area contributed by atoms with E-state index in [1.807, 2.05) is 24.3 Å². The van der Waals surface area contributed by atoms with Crippen LogP contribution in [0.1, 0.15) is 25.8 Å². The summed E-state index contributed by atoms with van der Waals surface area (Å²) >= 11 is 0. The van der Waals surface area contributed by atoms with Gasteiger partial charge in [0.25, 0.3) is 0 Å². The van der Waals surface area contributed by atoms with Crippen molar-refractivity contribution in [2.24, 2.45) is 0 Å². The molecule has 3 heteroatoms. The summed E-state index contributed by atoms with van der Waals surface area (Å²) in [6.07, 6.45) is 1.15. The molecule has 102 valence electrons. The lowest BCUT2D eigenvalue weighted by Gasteiger charge is -2.11. The number of rotatable bonds is 9. The molecule has 1 aromatic carbocycles. The lowest BCUT2D eigenvalue weighted by Crippen LogP contribution is -2.29. The van der Waals surface area contributed by atoms with Gasteiger partial charge in [0.15, 0.2) is 0 Å². The molecule has 0 radical (unpaired) electrons. The molecule has 1 unspecified atom stereocenters. The highest BCUT2D eigenvalue weighted by molar-refractivity contribution is 5.26. The molecule has 1 atom stereocenters. The molecule has 0 aromatic heterocycles. The molecule has 18 heavy (non-hydrogen) atoms. The molecule has 0 saturated carbocycles. The number of hydrogen-bond acceptors (Lipinski definition) is 3. The molecule has 1 aromatic rings. The van der Waals surface area contributed by atoms with Crippen molar-refractivity contribution in [2.75, 3.05) is 26.4 Å². The zero-order valence-electron chi connectivity index (χ0n) is 11.7. The zero-order valence-corrected chi connectivity index (χ0v) is 11.7. The van der Waals surface area contributed by atoms with Gasteiger partial charge >= 0.3 is 0 Å². The molecule has 1 N–H and O–H groups in total. The summed E-state index contributed by atoms with van der Waals surface area (Å²) in [6, 6.07) is 8.63. The first-order chi connectivity index (χ1) is 8.72. The average molecular weight is 251 g/mol. The summed E-state index contributed by atoms with van der Waals surface area (Å²) in [7, 11) is 0. The van der Waals surface area contributed by atoms with E-state index in [0.717, 1.165) is 25.3 Å². The van der Waals surface area contributed by atoms with Crippen LogP contribution >= 0.6 is 0 Å². The second-order valence-electron chi connectivity index (χ2n) is 4.54. The highest BCUT2D eigenvalue weighted by Crippen LogP contribution is 2.10.